The molecule has 1 N–H and O–H groups in total. The van der Waals surface area contributed by atoms with Crippen molar-refractivity contribution >= 4 is 17.5 Å². The fourth-order valence-electron chi connectivity index (χ4n) is 1.45. The average Bonchev–Trinajstić information content (AvgIpc) is 2.32. The number of rotatable bonds is 5. The van der Waals surface area contributed by atoms with Crippen molar-refractivity contribution < 1.29 is 18.4 Å². The van der Waals surface area contributed by atoms with Crippen LogP contribution >= 0.6 is 0 Å². The Bertz CT molecular complexity index is 506. The third kappa shape index (κ3) is 4.93. The number of carbonyl (C=O) groups is 2. The molecule has 7 heteroatoms. The third-order valence-corrected chi connectivity index (χ3v) is 2.52. The molecule has 20 heavy (non-hydrogen) atoms. The first kappa shape index (κ1) is 16.0. The van der Waals surface area contributed by atoms with Crippen molar-refractivity contribution in [3.05, 3.63) is 29.8 Å². The van der Waals surface area contributed by atoms with Crippen LogP contribution in [0.3, 0.4) is 0 Å². The number of hydrogen-bond donors (Lipinski definition) is 1. The molecule has 0 aliphatic carbocycles. The maximum Gasteiger partial charge on any atom is 0.238 e. The zero-order valence-electron chi connectivity index (χ0n) is 11.6. The van der Waals surface area contributed by atoms with E-state index in [2.05, 4.69) is 5.32 Å². The lowest BCUT2D eigenvalue weighted by atomic mass is 10.3. The zero-order valence-corrected chi connectivity index (χ0v) is 11.6. The topological polar surface area (TPSA) is 52.7 Å². The van der Waals surface area contributed by atoms with Gasteiger partial charge in [-0.05, 0) is 19.2 Å². The first-order valence-electron chi connectivity index (χ1n) is 5.93. The first-order chi connectivity index (χ1) is 9.29. The summed E-state index contributed by atoms with van der Waals surface area (Å²) in [5, 5.41) is 2.32. The second-order valence-electron chi connectivity index (χ2n) is 4.63. The highest BCUT2D eigenvalue weighted by atomic mass is 19.1. The predicted molar refractivity (Wildman–Crippen MR) is 71.2 cm³/mol. The standard InChI is InChI=1S/C13H17F2N3O2/c1-17(2)13(20)8-18(3)7-12(19)16-11-5-4-9(14)6-10(11)15/h4-6H,7-8H2,1-3H3,(H,16,19). The number of hydrogen-bond acceptors (Lipinski definition) is 3. The van der Waals surface area contributed by atoms with Crippen LogP contribution in [-0.4, -0.2) is 55.8 Å². The second-order valence-corrected chi connectivity index (χ2v) is 4.63. The average molecular weight is 285 g/mol. The van der Waals surface area contributed by atoms with Gasteiger partial charge < -0.3 is 10.2 Å². The molecule has 0 unspecified atom stereocenters. The summed E-state index contributed by atoms with van der Waals surface area (Å²) in [5.74, 6) is -2.18. The van der Waals surface area contributed by atoms with E-state index in [0.29, 0.717) is 6.07 Å². The molecule has 0 fully saturated rings. The summed E-state index contributed by atoms with van der Waals surface area (Å²) in [7, 11) is 4.83. The van der Waals surface area contributed by atoms with Crippen LogP contribution in [0.2, 0.25) is 0 Å². The number of benzene rings is 1. The largest absolute Gasteiger partial charge is 0.348 e. The number of halogens is 2. The van der Waals surface area contributed by atoms with Crippen molar-refractivity contribution in [3.8, 4) is 0 Å². The van der Waals surface area contributed by atoms with Gasteiger partial charge >= 0.3 is 0 Å². The molecule has 0 spiro atoms. The highest BCUT2D eigenvalue weighted by molar-refractivity contribution is 5.92. The Hall–Kier alpha value is -2.02. The Kier molecular flexibility index (Phi) is 5.57. The van der Waals surface area contributed by atoms with E-state index in [1.165, 1.54) is 9.80 Å². The van der Waals surface area contributed by atoms with Gasteiger partial charge in [0.05, 0.1) is 18.8 Å². The summed E-state index contributed by atoms with van der Waals surface area (Å²) >= 11 is 0. The molecule has 5 nitrogen and oxygen atoms in total. The number of anilines is 1. The minimum Gasteiger partial charge on any atom is -0.348 e. The van der Waals surface area contributed by atoms with E-state index in [0.717, 1.165) is 12.1 Å². The van der Waals surface area contributed by atoms with Crippen molar-refractivity contribution in [2.75, 3.05) is 39.5 Å². The maximum absolute atomic E-state index is 13.3. The van der Waals surface area contributed by atoms with Gasteiger partial charge in [-0.3, -0.25) is 14.5 Å². The minimum absolute atomic E-state index is 0.0730. The smallest absolute Gasteiger partial charge is 0.238 e. The molecule has 0 bridgehead atoms. The van der Waals surface area contributed by atoms with Crippen molar-refractivity contribution in [3.63, 3.8) is 0 Å². The van der Waals surface area contributed by atoms with Crippen LogP contribution in [0.5, 0.6) is 0 Å². The maximum atomic E-state index is 13.3. The lowest BCUT2D eigenvalue weighted by molar-refractivity contribution is -0.130. The quantitative estimate of drug-likeness (QED) is 0.875. The Labute approximate surface area is 116 Å². The van der Waals surface area contributed by atoms with Crippen LogP contribution in [-0.2, 0) is 9.59 Å². The lowest BCUT2D eigenvalue weighted by Crippen LogP contribution is -2.38. The number of nitrogens with zero attached hydrogens (tertiary/aromatic N) is 2. The molecule has 0 atom stereocenters. The molecule has 0 saturated carbocycles. The van der Waals surface area contributed by atoms with Gasteiger partial charge in [0.15, 0.2) is 0 Å². The van der Waals surface area contributed by atoms with Gasteiger partial charge in [-0.1, -0.05) is 0 Å². The SMILES string of the molecule is CN(CC(=O)Nc1ccc(F)cc1F)CC(=O)N(C)C. The summed E-state index contributed by atoms with van der Waals surface area (Å²) in [5.41, 5.74) is -0.0938. The van der Waals surface area contributed by atoms with Crippen LogP contribution in [0.25, 0.3) is 0 Å². The van der Waals surface area contributed by atoms with Crippen molar-refractivity contribution in [1.82, 2.24) is 9.80 Å². The summed E-state index contributed by atoms with van der Waals surface area (Å²) < 4.78 is 26.0. The Morgan fingerprint density at radius 3 is 2.35 bits per heavy atom. The van der Waals surface area contributed by atoms with Crippen LogP contribution in [0, 0.1) is 11.6 Å². The Morgan fingerprint density at radius 1 is 1.15 bits per heavy atom. The summed E-state index contributed by atoms with van der Waals surface area (Å²) in [6.07, 6.45) is 0. The van der Waals surface area contributed by atoms with Gasteiger partial charge in [-0.15, -0.1) is 0 Å². The van der Waals surface area contributed by atoms with E-state index >= 15 is 0 Å². The zero-order chi connectivity index (χ0) is 15.3. The molecule has 1 aromatic carbocycles. The first-order valence-corrected chi connectivity index (χ1v) is 5.93. The van der Waals surface area contributed by atoms with E-state index in [1.807, 2.05) is 0 Å². The van der Waals surface area contributed by atoms with Gasteiger partial charge in [0, 0.05) is 20.2 Å². The molecule has 1 rings (SSSR count). The normalized spacial score (nSPS) is 10.5. The van der Waals surface area contributed by atoms with Crippen molar-refractivity contribution in [1.29, 1.82) is 0 Å². The lowest BCUT2D eigenvalue weighted by Gasteiger charge is -2.18. The van der Waals surface area contributed by atoms with Crippen LogP contribution in [0.4, 0.5) is 14.5 Å². The van der Waals surface area contributed by atoms with Gasteiger partial charge in [0.25, 0.3) is 0 Å². The summed E-state index contributed by atoms with van der Waals surface area (Å²) in [4.78, 5) is 26.0. The van der Waals surface area contributed by atoms with Crippen molar-refractivity contribution in [2.24, 2.45) is 0 Å². The molecule has 0 radical (unpaired) electrons. The summed E-state index contributed by atoms with van der Waals surface area (Å²) in [6, 6.07) is 2.89. The van der Waals surface area contributed by atoms with E-state index in [1.54, 1.807) is 21.1 Å². The molecule has 0 aromatic heterocycles. The molecule has 0 aliphatic rings. The molecule has 0 heterocycles. The predicted octanol–water partition coefficient (Wildman–Crippen LogP) is 0.923. The van der Waals surface area contributed by atoms with E-state index in [-0.39, 0.29) is 24.7 Å². The third-order valence-electron chi connectivity index (χ3n) is 2.52. The fraction of sp³-hybridized carbons (Fsp3) is 0.385. The molecular formula is C13H17F2N3O2. The fourth-order valence-corrected chi connectivity index (χ4v) is 1.45. The Morgan fingerprint density at radius 2 is 1.80 bits per heavy atom. The van der Waals surface area contributed by atoms with Gasteiger partial charge in [0.1, 0.15) is 11.6 Å². The molecular weight excluding hydrogens is 268 g/mol. The van der Waals surface area contributed by atoms with E-state index in [4.69, 9.17) is 0 Å². The molecule has 1 aromatic rings. The number of amides is 2. The van der Waals surface area contributed by atoms with Gasteiger partial charge in [-0.2, -0.15) is 0 Å². The second kappa shape index (κ2) is 6.95. The molecule has 110 valence electrons. The van der Waals surface area contributed by atoms with Crippen LogP contribution < -0.4 is 5.32 Å². The number of likely N-dealkylation sites (N-methyl/N-ethyl adjacent to an activating group) is 2. The molecule has 2 amide bonds. The molecule has 0 aliphatic heterocycles. The van der Waals surface area contributed by atoms with E-state index in [9.17, 15) is 18.4 Å². The van der Waals surface area contributed by atoms with Gasteiger partial charge in [0.2, 0.25) is 11.8 Å². The van der Waals surface area contributed by atoms with Crippen LogP contribution in [0.1, 0.15) is 0 Å². The monoisotopic (exact) mass is 285 g/mol. The highest BCUT2D eigenvalue weighted by Gasteiger charge is 2.13. The Balaban J connectivity index is 2.53. The summed E-state index contributed by atoms with van der Waals surface area (Å²) in [6.45, 7) is 0.00269. The number of nitrogens with one attached hydrogen (secondary N) is 1. The van der Waals surface area contributed by atoms with Crippen LogP contribution in [0.15, 0.2) is 18.2 Å². The molecule has 0 saturated heterocycles. The number of carbonyl (C=O) groups excluding carboxylic acids is 2. The van der Waals surface area contributed by atoms with Crippen molar-refractivity contribution in [2.45, 2.75) is 0 Å². The van der Waals surface area contributed by atoms with E-state index < -0.39 is 17.5 Å². The minimum atomic E-state index is -0.842. The van der Waals surface area contributed by atoms with Gasteiger partial charge in [-0.25, -0.2) is 8.78 Å². The highest BCUT2D eigenvalue weighted by Crippen LogP contribution is 2.14.